The number of likely N-dealkylation sites (tertiary alicyclic amines) is 1. The van der Waals surface area contributed by atoms with E-state index in [4.69, 9.17) is 0 Å². The number of fused-ring (bicyclic) bond motifs is 1. The lowest BCUT2D eigenvalue weighted by Crippen LogP contribution is -2.41. The van der Waals surface area contributed by atoms with E-state index in [1.165, 1.54) is 38.5 Å². The van der Waals surface area contributed by atoms with Crippen LogP contribution < -0.4 is 5.32 Å². The number of rotatable bonds is 1. The zero-order chi connectivity index (χ0) is 12.4. The molecule has 1 N–H and O–H groups in total. The largest absolute Gasteiger partial charge is 0.341 e. The highest BCUT2D eigenvalue weighted by Crippen LogP contribution is 2.29. The molecule has 3 nitrogen and oxygen atoms in total. The summed E-state index contributed by atoms with van der Waals surface area (Å²) in [6, 6.07) is 0.591. The summed E-state index contributed by atoms with van der Waals surface area (Å²) in [6.07, 6.45) is 10.0. The molecular formula is C15H26N2O. The normalized spacial score (nSPS) is 34.1. The predicted octanol–water partition coefficient (Wildman–Crippen LogP) is 2.17. The molecule has 3 fully saturated rings. The van der Waals surface area contributed by atoms with Crippen LogP contribution in [0.2, 0.25) is 0 Å². The Hall–Kier alpha value is -0.570. The Morgan fingerprint density at radius 2 is 1.72 bits per heavy atom. The number of hydrogen-bond acceptors (Lipinski definition) is 2. The van der Waals surface area contributed by atoms with Gasteiger partial charge in [0.1, 0.15) is 0 Å². The Balaban J connectivity index is 1.59. The lowest BCUT2D eigenvalue weighted by Gasteiger charge is -2.24. The molecule has 0 bridgehead atoms. The quantitative estimate of drug-likeness (QED) is 0.723. The molecule has 1 aliphatic carbocycles. The molecule has 0 aromatic rings. The molecule has 3 rings (SSSR count). The van der Waals surface area contributed by atoms with Crippen LogP contribution in [-0.2, 0) is 4.79 Å². The monoisotopic (exact) mass is 250 g/mol. The van der Waals surface area contributed by atoms with E-state index in [0.29, 0.717) is 17.9 Å². The Kier molecular flexibility index (Phi) is 3.88. The zero-order valence-electron chi connectivity index (χ0n) is 11.4. The lowest BCUT2D eigenvalue weighted by atomic mass is 9.94. The third-order valence-corrected chi connectivity index (χ3v) is 5.12. The summed E-state index contributed by atoms with van der Waals surface area (Å²) in [7, 11) is 0. The van der Waals surface area contributed by atoms with Crippen molar-refractivity contribution in [1.29, 1.82) is 0 Å². The van der Waals surface area contributed by atoms with Crippen LogP contribution in [0.3, 0.4) is 0 Å². The highest BCUT2D eigenvalue weighted by molar-refractivity contribution is 5.79. The summed E-state index contributed by atoms with van der Waals surface area (Å²) < 4.78 is 0. The highest BCUT2D eigenvalue weighted by atomic mass is 16.2. The molecule has 18 heavy (non-hydrogen) atoms. The summed E-state index contributed by atoms with van der Waals surface area (Å²) in [5, 5.41) is 3.59. The van der Waals surface area contributed by atoms with Crippen LogP contribution in [0.15, 0.2) is 0 Å². The first-order chi connectivity index (χ1) is 8.84. The van der Waals surface area contributed by atoms with Gasteiger partial charge in [-0.05, 0) is 38.1 Å². The molecule has 1 amide bonds. The molecule has 0 radical (unpaired) electrons. The Bertz CT molecular complexity index is 283. The fourth-order valence-electron chi connectivity index (χ4n) is 4.01. The molecule has 2 atom stereocenters. The van der Waals surface area contributed by atoms with E-state index in [9.17, 15) is 4.79 Å². The maximum Gasteiger partial charge on any atom is 0.225 e. The van der Waals surface area contributed by atoms with E-state index in [2.05, 4.69) is 10.2 Å². The molecule has 2 saturated heterocycles. The summed E-state index contributed by atoms with van der Waals surface area (Å²) >= 11 is 0. The van der Waals surface area contributed by atoms with Crippen molar-refractivity contribution < 1.29 is 4.79 Å². The van der Waals surface area contributed by atoms with E-state index >= 15 is 0 Å². The fourth-order valence-corrected chi connectivity index (χ4v) is 4.01. The second-order valence-electron chi connectivity index (χ2n) is 6.39. The molecule has 0 aromatic heterocycles. The Morgan fingerprint density at radius 3 is 2.44 bits per heavy atom. The van der Waals surface area contributed by atoms with Gasteiger partial charge in [0.2, 0.25) is 5.91 Å². The highest BCUT2D eigenvalue weighted by Gasteiger charge is 2.38. The number of hydrogen-bond donors (Lipinski definition) is 1. The van der Waals surface area contributed by atoms with Gasteiger partial charge >= 0.3 is 0 Å². The van der Waals surface area contributed by atoms with Gasteiger partial charge in [-0.2, -0.15) is 0 Å². The SMILES string of the molecule is O=C(C1CCCCCC1)N1CC2CCCNC2C1. The van der Waals surface area contributed by atoms with Gasteiger partial charge in [-0.1, -0.05) is 25.7 Å². The first-order valence-corrected chi connectivity index (χ1v) is 7.87. The number of nitrogens with one attached hydrogen (secondary N) is 1. The first kappa shape index (κ1) is 12.5. The van der Waals surface area contributed by atoms with Crippen molar-refractivity contribution in [2.45, 2.75) is 57.4 Å². The van der Waals surface area contributed by atoms with E-state index in [0.717, 1.165) is 38.4 Å². The molecule has 2 unspecified atom stereocenters. The van der Waals surface area contributed by atoms with Crippen LogP contribution in [-0.4, -0.2) is 36.5 Å². The average molecular weight is 250 g/mol. The summed E-state index contributed by atoms with van der Waals surface area (Å²) in [6.45, 7) is 3.14. The average Bonchev–Trinajstić information content (AvgIpc) is 2.64. The Morgan fingerprint density at radius 1 is 0.944 bits per heavy atom. The van der Waals surface area contributed by atoms with Crippen LogP contribution in [0.25, 0.3) is 0 Å². The molecular weight excluding hydrogens is 224 g/mol. The van der Waals surface area contributed by atoms with E-state index in [-0.39, 0.29) is 0 Å². The Labute approximate surface area is 110 Å². The standard InChI is InChI=1S/C15H26N2O/c18-15(12-6-3-1-2-4-7-12)17-10-13-8-5-9-16-14(13)11-17/h12-14,16H,1-11H2. The van der Waals surface area contributed by atoms with Crippen molar-refractivity contribution in [3.63, 3.8) is 0 Å². The van der Waals surface area contributed by atoms with E-state index in [1.54, 1.807) is 0 Å². The van der Waals surface area contributed by atoms with E-state index in [1.807, 2.05) is 0 Å². The summed E-state index contributed by atoms with van der Waals surface area (Å²) in [5.41, 5.74) is 0. The molecule has 3 aliphatic rings. The summed E-state index contributed by atoms with van der Waals surface area (Å²) in [4.78, 5) is 14.8. The number of carbonyl (C=O) groups is 1. The molecule has 2 heterocycles. The van der Waals surface area contributed by atoms with Crippen LogP contribution in [0.4, 0.5) is 0 Å². The van der Waals surface area contributed by atoms with Crippen LogP contribution in [0.1, 0.15) is 51.4 Å². The second kappa shape index (κ2) is 5.60. The minimum Gasteiger partial charge on any atom is -0.341 e. The van der Waals surface area contributed by atoms with Crippen LogP contribution in [0, 0.1) is 11.8 Å². The van der Waals surface area contributed by atoms with Crippen molar-refractivity contribution in [3.8, 4) is 0 Å². The van der Waals surface area contributed by atoms with Crippen molar-refractivity contribution in [2.75, 3.05) is 19.6 Å². The van der Waals surface area contributed by atoms with Gasteiger partial charge in [-0.3, -0.25) is 4.79 Å². The van der Waals surface area contributed by atoms with Crippen molar-refractivity contribution >= 4 is 5.91 Å². The van der Waals surface area contributed by atoms with E-state index < -0.39 is 0 Å². The maximum absolute atomic E-state index is 12.6. The number of amides is 1. The minimum absolute atomic E-state index is 0.340. The van der Waals surface area contributed by atoms with Crippen LogP contribution in [0.5, 0.6) is 0 Å². The van der Waals surface area contributed by atoms with Gasteiger partial charge < -0.3 is 10.2 Å². The molecule has 102 valence electrons. The van der Waals surface area contributed by atoms with Crippen molar-refractivity contribution in [3.05, 3.63) is 0 Å². The predicted molar refractivity (Wildman–Crippen MR) is 72.3 cm³/mol. The minimum atomic E-state index is 0.340. The topological polar surface area (TPSA) is 32.3 Å². The second-order valence-corrected chi connectivity index (χ2v) is 6.39. The number of piperidine rings is 1. The van der Waals surface area contributed by atoms with Gasteiger partial charge in [0.05, 0.1) is 0 Å². The van der Waals surface area contributed by atoms with Crippen LogP contribution >= 0.6 is 0 Å². The van der Waals surface area contributed by atoms with Crippen molar-refractivity contribution in [1.82, 2.24) is 10.2 Å². The molecule has 0 aromatic carbocycles. The number of nitrogens with zero attached hydrogens (tertiary/aromatic N) is 1. The summed E-state index contributed by atoms with van der Waals surface area (Å²) in [5.74, 6) is 1.54. The third kappa shape index (κ3) is 2.56. The van der Waals surface area contributed by atoms with Crippen molar-refractivity contribution in [2.24, 2.45) is 11.8 Å². The third-order valence-electron chi connectivity index (χ3n) is 5.12. The fraction of sp³-hybridized carbons (Fsp3) is 0.933. The molecule has 2 aliphatic heterocycles. The molecule has 0 spiro atoms. The van der Waals surface area contributed by atoms with Gasteiger partial charge in [0.25, 0.3) is 0 Å². The molecule has 1 saturated carbocycles. The maximum atomic E-state index is 12.6. The van der Waals surface area contributed by atoms with Gasteiger partial charge in [-0.25, -0.2) is 0 Å². The van der Waals surface area contributed by atoms with Gasteiger partial charge in [0.15, 0.2) is 0 Å². The molecule has 3 heteroatoms. The van der Waals surface area contributed by atoms with Gasteiger partial charge in [-0.15, -0.1) is 0 Å². The lowest BCUT2D eigenvalue weighted by molar-refractivity contribution is -0.135. The zero-order valence-corrected chi connectivity index (χ0v) is 11.4. The first-order valence-electron chi connectivity index (χ1n) is 7.87. The van der Waals surface area contributed by atoms with Gasteiger partial charge in [0, 0.05) is 25.0 Å². The smallest absolute Gasteiger partial charge is 0.225 e. The number of carbonyl (C=O) groups excluding carboxylic acids is 1.